The predicted octanol–water partition coefficient (Wildman–Crippen LogP) is 3.39. The molecule has 1 atom stereocenters. The standard InChI is InChI=1S/C22H26N6O/c1-15-14-28(10-11-29-15)20-8-7-18(12-24-20)13-25-21-16(2)17(3)26-22(27-21)19-6-4-5-9-23-19/h4-9,12,15H,10-11,13-14H2,1-3H3,(H,25,26,27). The number of pyridine rings is 2. The lowest BCUT2D eigenvalue weighted by Crippen LogP contribution is -2.41. The van der Waals surface area contributed by atoms with Gasteiger partial charge in [-0.25, -0.2) is 15.0 Å². The van der Waals surface area contributed by atoms with E-state index in [0.717, 1.165) is 53.8 Å². The Morgan fingerprint density at radius 1 is 1.14 bits per heavy atom. The van der Waals surface area contributed by atoms with Crippen molar-refractivity contribution in [3.8, 4) is 11.5 Å². The average molecular weight is 390 g/mol. The lowest BCUT2D eigenvalue weighted by Gasteiger charge is -2.32. The van der Waals surface area contributed by atoms with Gasteiger partial charge in [0.15, 0.2) is 5.82 Å². The van der Waals surface area contributed by atoms with Crippen LogP contribution in [-0.4, -0.2) is 45.7 Å². The normalized spacial score (nSPS) is 16.7. The van der Waals surface area contributed by atoms with E-state index >= 15 is 0 Å². The van der Waals surface area contributed by atoms with Crippen molar-refractivity contribution in [3.63, 3.8) is 0 Å². The molecule has 0 aromatic carbocycles. The minimum Gasteiger partial charge on any atom is -0.375 e. The molecule has 0 aliphatic carbocycles. The second-order valence-corrected chi connectivity index (χ2v) is 7.33. The minimum absolute atomic E-state index is 0.240. The number of aryl methyl sites for hydroxylation is 1. The molecule has 3 aromatic heterocycles. The number of anilines is 2. The van der Waals surface area contributed by atoms with Crippen LogP contribution in [0.25, 0.3) is 11.5 Å². The van der Waals surface area contributed by atoms with Gasteiger partial charge in [0.05, 0.1) is 12.7 Å². The lowest BCUT2D eigenvalue weighted by molar-refractivity contribution is 0.0529. The summed E-state index contributed by atoms with van der Waals surface area (Å²) in [5, 5.41) is 3.43. The molecular formula is C22H26N6O. The van der Waals surface area contributed by atoms with Gasteiger partial charge in [0.2, 0.25) is 0 Å². The molecule has 0 spiro atoms. The molecule has 7 heteroatoms. The highest BCUT2D eigenvalue weighted by atomic mass is 16.5. The van der Waals surface area contributed by atoms with Gasteiger partial charge in [-0.15, -0.1) is 0 Å². The predicted molar refractivity (Wildman–Crippen MR) is 114 cm³/mol. The zero-order valence-corrected chi connectivity index (χ0v) is 17.1. The highest BCUT2D eigenvalue weighted by Gasteiger charge is 2.17. The summed E-state index contributed by atoms with van der Waals surface area (Å²) in [6.45, 7) is 9.26. The van der Waals surface area contributed by atoms with E-state index in [4.69, 9.17) is 9.72 Å². The van der Waals surface area contributed by atoms with Gasteiger partial charge >= 0.3 is 0 Å². The zero-order chi connectivity index (χ0) is 20.2. The molecule has 1 fully saturated rings. The first-order valence-electron chi connectivity index (χ1n) is 9.92. The van der Waals surface area contributed by atoms with Gasteiger partial charge in [-0.3, -0.25) is 4.98 Å². The van der Waals surface area contributed by atoms with Crippen LogP contribution < -0.4 is 10.2 Å². The molecule has 29 heavy (non-hydrogen) atoms. The highest BCUT2D eigenvalue weighted by Crippen LogP contribution is 2.21. The van der Waals surface area contributed by atoms with Crippen LogP contribution in [0.3, 0.4) is 0 Å². The molecule has 150 valence electrons. The number of hydrogen-bond acceptors (Lipinski definition) is 7. The molecule has 1 N–H and O–H groups in total. The van der Waals surface area contributed by atoms with E-state index < -0.39 is 0 Å². The van der Waals surface area contributed by atoms with Crippen molar-refractivity contribution in [1.82, 2.24) is 19.9 Å². The summed E-state index contributed by atoms with van der Waals surface area (Å²) >= 11 is 0. The van der Waals surface area contributed by atoms with E-state index in [9.17, 15) is 0 Å². The van der Waals surface area contributed by atoms with E-state index in [1.54, 1.807) is 6.20 Å². The fourth-order valence-corrected chi connectivity index (χ4v) is 3.33. The van der Waals surface area contributed by atoms with Crippen LogP contribution in [0.15, 0.2) is 42.7 Å². The Morgan fingerprint density at radius 3 is 2.76 bits per heavy atom. The SMILES string of the molecule is Cc1nc(-c2ccccn2)nc(NCc2ccc(N3CCOC(C)C3)nc2)c1C. The topological polar surface area (TPSA) is 76.1 Å². The Hall–Kier alpha value is -3.06. The van der Waals surface area contributed by atoms with Crippen LogP contribution in [-0.2, 0) is 11.3 Å². The van der Waals surface area contributed by atoms with E-state index in [2.05, 4.69) is 44.2 Å². The van der Waals surface area contributed by atoms with Gasteiger partial charge in [0, 0.05) is 43.3 Å². The summed E-state index contributed by atoms with van der Waals surface area (Å²) in [6.07, 6.45) is 3.92. The number of hydrogen-bond donors (Lipinski definition) is 1. The third kappa shape index (κ3) is 4.51. The summed E-state index contributed by atoms with van der Waals surface area (Å²) < 4.78 is 5.61. The first kappa shape index (κ1) is 19.3. The van der Waals surface area contributed by atoms with Crippen molar-refractivity contribution < 1.29 is 4.74 Å². The minimum atomic E-state index is 0.240. The monoisotopic (exact) mass is 390 g/mol. The second kappa shape index (κ2) is 8.53. The summed E-state index contributed by atoms with van der Waals surface area (Å²) in [6, 6.07) is 9.93. The number of nitrogens with zero attached hydrogens (tertiary/aromatic N) is 5. The van der Waals surface area contributed by atoms with Crippen molar-refractivity contribution in [2.24, 2.45) is 0 Å². The second-order valence-electron chi connectivity index (χ2n) is 7.33. The quantitative estimate of drug-likeness (QED) is 0.716. The lowest BCUT2D eigenvalue weighted by atomic mass is 10.2. The van der Waals surface area contributed by atoms with E-state index in [1.807, 2.05) is 38.2 Å². The maximum absolute atomic E-state index is 5.61. The number of morpholine rings is 1. The van der Waals surface area contributed by atoms with Crippen LogP contribution in [0, 0.1) is 13.8 Å². The molecule has 1 saturated heterocycles. The third-order valence-electron chi connectivity index (χ3n) is 5.12. The fourth-order valence-electron chi connectivity index (χ4n) is 3.33. The van der Waals surface area contributed by atoms with Crippen LogP contribution in [0.4, 0.5) is 11.6 Å². The molecule has 4 heterocycles. The Morgan fingerprint density at radius 2 is 2.03 bits per heavy atom. The summed E-state index contributed by atoms with van der Waals surface area (Å²) in [5.41, 5.74) is 3.85. The Bertz CT molecular complexity index is 961. The van der Waals surface area contributed by atoms with Crippen molar-refractivity contribution in [3.05, 3.63) is 59.5 Å². The summed E-state index contributed by atoms with van der Waals surface area (Å²) in [7, 11) is 0. The Balaban J connectivity index is 1.47. The van der Waals surface area contributed by atoms with Gasteiger partial charge in [0.1, 0.15) is 17.3 Å². The molecule has 0 amide bonds. The van der Waals surface area contributed by atoms with Crippen molar-refractivity contribution >= 4 is 11.6 Å². The zero-order valence-electron chi connectivity index (χ0n) is 17.1. The molecule has 1 unspecified atom stereocenters. The van der Waals surface area contributed by atoms with Crippen LogP contribution >= 0.6 is 0 Å². The average Bonchev–Trinajstić information content (AvgIpc) is 2.75. The molecular weight excluding hydrogens is 364 g/mol. The molecule has 7 nitrogen and oxygen atoms in total. The van der Waals surface area contributed by atoms with Crippen molar-refractivity contribution in [2.45, 2.75) is 33.4 Å². The summed E-state index contributed by atoms with van der Waals surface area (Å²) in [4.78, 5) is 20.5. The van der Waals surface area contributed by atoms with Crippen molar-refractivity contribution in [1.29, 1.82) is 0 Å². The highest BCUT2D eigenvalue weighted by molar-refractivity contribution is 5.56. The first-order chi connectivity index (χ1) is 14.1. The van der Waals surface area contributed by atoms with E-state index in [1.165, 1.54) is 0 Å². The number of aromatic nitrogens is 4. The fraction of sp³-hybridized carbons (Fsp3) is 0.364. The van der Waals surface area contributed by atoms with Gasteiger partial charge in [-0.1, -0.05) is 12.1 Å². The molecule has 4 rings (SSSR count). The molecule has 0 saturated carbocycles. The van der Waals surface area contributed by atoms with Gasteiger partial charge < -0.3 is 15.0 Å². The number of nitrogens with one attached hydrogen (secondary N) is 1. The Labute approximate surface area is 171 Å². The maximum Gasteiger partial charge on any atom is 0.180 e. The van der Waals surface area contributed by atoms with E-state index in [-0.39, 0.29) is 6.10 Å². The van der Waals surface area contributed by atoms with Gasteiger partial charge in [-0.2, -0.15) is 0 Å². The number of ether oxygens (including phenoxy) is 1. The van der Waals surface area contributed by atoms with Crippen LogP contribution in [0.2, 0.25) is 0 Å². The Kier molecular flexibility index (Phi) is 5.67. The van der Waals surface area contributed by atoms with E-state index in [0.29, 0.717) is 12.4 Å². The maximum atomic E-state index is 5.61. The molecule has 0 radical (unpaired) electrons. The van der Waals surface area contributed by atoms with Gasteiger partial charge in [0.25, 0.3) is 0 Å². The molecule has 0 bridgehead atoms. The smallest absolute Gasteiger partial charge is 0.180 e. The molecule has 1 aliphatic rings. The van der Waals surface area contributed by atoms with Crippen molar-refractivity contribution in [2.75, 3.05) is 29.9 Å². The summed E-state index contributed by atoms with van der Waals surface area (Å²) in [5.74, 6) is 2.45. The first-order valence-corrected chi connectivity index (χ1v) is 9.92. The molecule has 1 aliphatic heterocycles. The van der Waals surface area contributed by atoms with Crippen LogP contribution in [0.5, 0.6) is 0 Å². The number of rotatable bonds is 5. The molecule has 3 aromatic rings. The van der Waals surface area contributed by atoms with Crippen LogP contribution in [0.1, 0.15) is 23.7 Å². The van der Waals surface area contributed by atoms with Gasteiger partial charge in [-0.05, 0) is 44.5 Å². The largest absolute Gasteiger partial charge is 0.375 e. The third-order valence-corrected chi connectivity index (χ3v) is 5.12.